The predicted molar refractivity (Wildman–Crippen MR) is 78.4 cm³/mol. The van der Waals surface area contributed by atoms with Gasteiger partial charge in [0.05, 0.1) is 6.61 Å². The van der Waals surface area contributed by atoms with E-state index < -0.39 is 58.0 Å². The van der Waals surface area contributed by atoms with Gasteiger partial charge in [-0.05, 0) is 0 Å². The quantitative estimate of drug-likeness (QED) is 0.175. The van der Waals surface area contributed by atoms with E-state index in [0.29, 0.717) is 0 Å². The van der Waals surface area contributed by atoms with Crippen LogP contribution in [0.3, 0.4) is 0 Å². The van der Waals surface area contributed by atoms with Crippen molar-refractivity contribution in [2.75, 3.05) is 6.61 Å². The first-order valence-electron chi connectivity index (χ1n) is 6.47. The first kappa shape index (κ1) is 27.8. The summed E-state index contributed by atoms with van der Waals surface area (Å²) in [5, 5.41) is 19.8. The van der Waals surface area contributed by atoms with E-state index in [-0.39, 0.29) is 62.0 Å². The molecule has 6 N–H and O–H groups in total. The molecule has 0 radical (unpaired) electrons. The molecule has 1 aliphatic rings. The molecular weight excluding hydrogens is 436 g/mol. The number of nitrogens with zero attached hydrogens (tertiary/aromatic N) is 1. The molecule has 0 aromatic carbocycles. The Labute approximate surface area is 197 Å². The maximum absolute atomic E-state index is 11.7. The topological polar surface area (TPSA) is 218 Å². The average molecular weight is 452 g/mol. The molecule has 1 aromatic heterocycles. The smallest absolute Gasteiger partial charge is 1.00 e. The Morgan fingerprint density at radius 3 is 2.30 bits per heavy atom. The van der Waals surface area contributed by atoms with E-state index in [0.717, 1.165) is 16.8 Å². The second kappa shape index (κ2) is 10.7. The van der Waals surface area contributed by atoms with Gasteiger partial charge in [0.2, 0.25) is 0 Å². The van der Waals surface area contributed by atoms with Gasteiger partial charge in [-0.15, -0.1) is 0 Å². The minimum atomic E-state index is -5.32. The van der Waals surface area contributed by atoms with Gasteiger partial charge < -0.3 is 32.5 Å². The molecule has 27 heavy (non-hydrogen) atoms. The van der Waals surface area contributed by atoms with Crippen molar-refractivity contribution >= 4 is 15.6 Å². The third-order valence-electron chi connectivity index (χ3n) is 3.07. The van der Waals surface area contributed by atoms with Crippen LogP contribution in [0.4, 0.5) is 0 Å². The molecule has 0 spiro atoms. The SMILES string of the molecule is O=c1ccn([C@@H]2O[C@H](COP(=O)(O)OP(=O)(O)O)[C@@H](O)[C@H]2O)c(=O)[nH]1.[H-].[H-].[Na+].[Na+]. The van der Waals surface area contributed by atoms with Crippen LogP contribution < -0.4 is 70.4 Å². The van der Waals surface area contributed by atoms with Crippen LogP contribution in [0, 0.1) is 0 Å². The molecule has 1 saturated heterocycles. The largest absolute Gasteiger partial charge is 1.00 e. The number of nitrogens with one attached hydrogen (secondary N) is 1. The molecular formula is C9H16N2Na2O12P2. The van der Waals surface area contributed by atoms with Gasteiger partial charge in [0.15, 0.2) is 6.23 Å². The number of aromatic amines is 1. The summed E-state index contributed by atoms with van der Waals surface area (Å²) >= 11 is 0. The summed E-state index contributed by atoms with van der Waals surface area (Å²) < 4.78 is 35.6. The van der Waals surface area contributed by atoms with Gasteiger partial charge in [0.1, 0.15) is 18.3 Å². The normalized spacial score (nSPS) is 27.3. The van der Waals surface area contributed by atoms with E-state index in [1.165, 1.54) is 0 Å². The summed E-state index contributed by atoms with van der Waals surface area (Å²) in [5.41, 5.74) is -1.65. The number of hydrogen-bond acceptors (Lipinski definition) is 9. The van der Waals surface area contributed by atoms with Crippen LogP contribution in [0.25, 0.3) is 0 Å². The van der Waals surface area contributed by atoms with Gasteiger partial charge in [0.25, 0.3) is 5.56 Å². The van der Waals surface area contributed by atoms with Crippen LogP contribution in [0.15, 0.2) is 21.9 Å². The molecule has 1 fully saturated rings. The van der Waals surface area contributed by atoms with Crippen molar-refractivity contribution in [1.29, 1.82) is 0 Å². The van der Waals surface area contributed by atoms with Gasteiger partial charge in [0, 0.05) is 12.3 Å². The fraction of sp³-hybridized carbons (Fsp3) is 0.556. The van der Waals surface area contributed by atoms with Crippen LogP contribution in [-0.4, -0.2) is 59.4 Å². The number of phosphoric ester groups is 1. The minimum Gasteiger partial charge on any atom is -1.00 e. The molecule has 2 rings (SSSR count). The Morgan fingerprint density at radius 1 is 1.19 bits per heavy atom. The molecule has 1 unspecified atom stereocenters. The number of hydrogen-bond donors (Lipinski definition) is 6. The number of aliphatic hydroxyl groups is 2. The fourth-order valence-corrected chi connectivity index (χ4v) is 3.65. The van der Waals surface area contributed by atoms with Gasteiger partial charge in [-0.1, -0.05) is 0 Å². The maximum atomic E-state index is 11.7. The summed E-state index contributed by atoms with van der Waals surface area (Å²) in [6.07, 6.45) is -5.25. The zero-order valence-electron chi connectivity index (χ0n) is 16.1. The maximum Gasteiger partial charge on any atom is 1.00 e. The van der Waals surface area contributed by atoms with Crippen molar-refractivity contribution in [3.05, 3.63) is 33.1 Å². The predicted octanol–water partition coefficient (Wildman–Crippen LogP) is -8.38. The molecule has 1 aromatic rings. The van der Waals surface area contributed by atoms with E-state index in [4.69, 9.17) is 19.4 Å². The van der Waals surface area contributed by atoms with Gasteiger partial charge in [-0.3, -0.25) is 18.9 Å². The van der Waals surface area contributed by atoms with Gasteiger partial charge >= 0.3 is 80.4 Å². The molecule has 0 amide bonds. The Kier molecular flexibility index (Phi) is 11.1. The van der Waals surface area contributed by atoms with Crippen molar-refractivity contribution in [2.45, 2.75) is 24.5 Å². The number of phosphoric acid groups is 2. The van der Waals surface area contributed by atoms with Crippen LogP contribution >= 0.6 is 15.6 Å². The summed E-state index contributed by atoms with van der Waals surface area (Å²) in [6.45, 7) is -0.902. The standard InChI is InChI=1S/C9H14N2O12P2.2Na.2H/c12-5-1-2-11(9(15)10-5)8-7(14)6(13)4(22-8)3-21-25(19,20)23-24(16,17)18;;;;/h1-2,4,6-8,13-14H,3H2,(H,19,20)(H,10,12,15)(H2,16,17,18);;;;/q;2*+1;2*-1/t4-,6-,7-,8-;;;;/m1..../s1. The second-order valence-corrected chi connectivity index (χ2v) is 7.73. The third kappa shape index (κ3) is 7.87. The average Bonchev–Trinajstić information content (AvgIpc) is 2.71. The number of aromatic nitrogens is 2. The summed E-state index contributed by atoms with van der Waals surface area (Å²) in [6, 6.07) is 0.962. The molecule has 2 heterocycles. The first-order chi connectivity index (χ1) is 11.4. The molecule has 0 saturated carbocycles. The number of rotatable bonds is 6. The van der Waals surface area contributed by atoms with Gasteiger partial charge in [-0.25, -0.2) is 13.9 Å². The molecule has 1 aliphatic heterocycles. The van der Waals surface area contributed by atoms with Crippen molar-refractivity contribution in [1.82, 2.24) is 9.55 Å². The molecule has 146 valence electrons. The third-order valence-corrected chi connectivity index (χ3v) is 5.23. The Bertz CT molecular complexity index is 849. The van der Waals surface area contributed by atoms with Crippen molar-refractivity contribution in [3.63, 3.8) is 0 Å². The van der Waals surface area contributed by atoms with E-state index in [1.807, 2.05) is 4.98 Å². The van der Waals surface area contributed by atoms with E-state index in [2.05, 4.69) is 8.83 Å². The van der Waals surface area contributed by atoms with Crippen molar-refractivity contribution < 1.29 is 110 Å². The second-order valence-electron chi connectivity index (χ2n) is 4.90. The Morgan fingerprint density at radius 2 is 1.78 bits per heavy atom. The van der Waals surface area contributed by atoms with E-state index in [9.17, 15) is 28.9 Å². The van der Waals surface area contributed by atoms with Gasteiger partial charge in [-0.2, -0.15) is 4.31 Å². The molecule has 5 atom stereocenters. The number of aliphatic hydroxyl groups excluding tert-OH is 2. The van der Waals surface area contributed by atoms with Crippen molar-refractivity contribution in [3.8, 4) is 0 Å². The van der Waals surface area contributed by atoms with Crippen molar-refractivity contribution in [2.24, 2.45) is 0 Å². The van der Waals surface area contributed by atoms with Crippen LogP contribution in [0.2, 0.25) is 0 Å². The first-order valence-corrected chi connectivity index (χ1v) is 9.49. The number of H-pyrrole nitrogens is 1. The zero-order chi connectivity index (χ0) is 19.0. The van der Waals surface area contributed by atoms with Crippen LogP contribution in [-0.2, 0) is 22.7 Å². The Balaban J connectivity index is -0.00000169. The summed E-state index contributed by atoms with van der Waals surface area (Å²) in [7, 11) is -10.5. The van der Waals surface area contributed by atoms with Crippen LogP contribution in [0.5, 0.6) is 0 Å². The Hall–Kier alpha value is 0.820. The summed E-state index contributed by atoms with van der Waals surface area (Å²) in [5.74, 6) is 0. The van der Waals surface area contributed by atoms with E-state index in [1.54, 1.807) is 0 Å². The van der Waals surface area contributed by atoms with Crippen LogP contribution in [0.1, 0.15) is 9.08 Å². The summed E-state index contributed by atoms with van der Waals surface area (Å²) in [4.78, 5) is 50.7. The fourth-order valence-electron chi connectivity index (χ4n) is 2.05. The number of ether oxygens (including phenoxy) is 1. The molecule has 18 heteroatoms. The van der Waals surface area contributed by atoms with E-state index >= 15 is 0 Å². The molecule has 0 aliphatic carbocycles. The molecule has 0 bridgehead atoms. The minimum absolute atomic E-state index is 0. The molecule has 14 nitrogen and oxygen atoms in total. The monoisotopic (exact) mass is 452 g/mol. The zero-order valence-corrected chi connectivity index (χ0v) is 19.9.